The van der Waals surface area contributed by atoms with Crippen molar-refractivity contribution >= 4 is 0 Å². The lowest BCUT2D eigenvalue weighted by Crippen LogP contribution is -2.08. The average Bonchev–Trinajstić information content (AvgIpc) is 2.37. The van der Waals surface area contributed by atoms with Crippen LogP contribution in [0.3, 0.4) is 0 Å². The summed E-state index contributed by atoms with van der Waals surface area (Å²) in [4.78, 5) is 0. The Kier molecular flexibility index (Phi) is 5.04. The highest BCUT2D eigenvalue weighted by Gasteiger charge is 2.11. The van der Waals surface area contributed by atoms with Crippen molar-refractivity contribution in [1.29, 1.82) is 0 Å². The summed E-state index contributed by atoms with van der Waals surface area (Å²) in [7, 11) is 0. The molecular formula is C14H24N2. The molecule has 2 saturated carbocycles. The molecule has 0 atom stereocenters. The third-order valence-electron chi connectivity index (χ3n) is 3.88. The summed E-state index contributed by atoms with van der Waals surface area (Å²) >= 11 is 0. The Morgan fingerprint density at radius 1 is 0.750 bits per heavy atom. The molecule has 0 N–H and O–H groups in total. The van der Waals surface area contributed by atoms with Crippen molar-refractivity contribution in [2.75, 3.05) is 0 Å². The first kappa shape index (κ1) is 11.8. The Morgan fingerprint density at radius 2 is 1.38 bits per heavy atom. The van der Waals surface area contributed by atoms with E-state index in [4.69, 9.17) is 0 Å². The van der Waals surface area contributed by atoms with E-state index in [1.807, 2.05) is 6.20 Å². The second kappa shape index (κ2) is 6.82. The molecule has 0 amide bonds. The van der Waals surface area contributed by atoms with Crippen LogP contribution < -0.4 is 0 Å². The van der Waals surface area contributed by atoms with Gasteiger partial charge in [0.2, 0.25) is 0 Å². The van der Waals surface area contributed by atoms with E-state index in [1.54, 1.807) is 0 Å². The van der Waals surface area contributed by atoms with Crippen LogP contribution in [0.15, 0.2) is 22.5 Å². The zero-order chi connectivity index (χ0) is 11.1. The van der Waals surface area contributed by atoms with Gasteiger partial charge in [-0.1, -0.05) is 44.6 Å². The molecule has 2 fully saturated rings. The van der Waals surface area contributed by atoms with Crippen molar-refractivity contribution in [2.45, 2.75) is 70.3 Å². The Hall–Kier alpha value is -0.660. The highest BCUT2D eigenvalue weighted by atomic mass is 15.1. The Bertz CT molecular complexity index is 207. The molecule has 0 heterocycles. The van der Waals surface area contributed by atoms with Gasteiger partial charge in [-0.25, -0.2) is 0 Å². The molecule has 0 aromatic carbocycles. The number of nitrogens with zero attached hydrogens (tertiary/aromatic N) is 2. The molecule has 2 nitrogen and oxygen atoms in total. The maximum absolute atomic E-state index is 4.41. The van der Waals surface area contributed by atoms with Crippen LogP contribution >= 0.6 is 0 Å². The highest BCUT2D eigenvalue weighted by Crippen LogP contribution is 2.24. The van der Waals surface area contributed by atoms with Gasteiger partial charge in [0.1, 0.15) is 0 Å². The monoisotopic (exact) mass is 220 g/mol. The van der Waals surface area contributed by atoms with Gasteiger partial charge in [0.15, 0.2) is 0 Å². The largest absolute Gasteiger partial charge is 0.186 e. The first-order valence-electron chi connectivity index (χ1n) is 7.02. The minimum atomic E-state index is 0.518. The number of azo groups is 1. The summed E-state index contributed by atoms with van der Waals surface area (Å²) in [5.74, 6) is 0.777. The van der Waals surface area contributed by atoms with E-state index in [0.717, 1.165) is 5.92 Å². The zero-order valence-corrected chi connectivity index (χ0v) is 10.3. The van der Waals surface area contributed by atoms with Crippen molar-refractivity contribution in [3.63, 3.8) is 0 Å². The number of rotatable bonds is 3. The van der Waals surface area contributed by atoms with Gasteiger partial charge in [-0.05, 0) is 31.6 Å². The third-order valence-corrected chi connectivity index (χ3v) is 3.88. The van der Waals surface area contributed by atoms with Gasteiger partial charge in [-0.3, -0.25) is 0 Å². The standard InChI is InChI=1S/C14H24N2/c1-3-7-13(8-4-1)11-12-15-16-14-9-5-2-6-10-14/h11-14H,1-10H2. The van der Waals surface area contributed by atoms with Crippen LogP contribution in [0.4, 0.5) is 0 Å². The predicted octanol–water partition coefficient (Wildman–Crippen LogP) is 4.87. The van der Waals surface area contributed by atoms with Crippen molar-refractivity contribution in [2.24, 2.45) is 16.1 Å². The summed E-state index contributed by atoms with van der Waals surface area (Å²) < 4.78 is 0. The maximum atomic E-state index is 4.41. The normalized spacial score (nSPS) is 25.8. The Balaban J connectivity index is 1.68. The predicted molar refractivity (Wildman–Crippen MR) is 67.4 cm³/mol. The molecule has 0 aliphatic heterocycles. The van der Waals surface area contributed by atoms with Crippen molar-refractivity contribution < 1.29 is 0 Å². The van der Waals surface area contributed by atoms with Crippen LogP contribution in [0.1, 0.15) is 64.2 Å². The molecule has 0 bridgehead atoms. The van der Waals surface area contributed by atoms with Crippen molar-refractivity contribution in [3.8, 4) is 0 Å². The van der Waals surface area contributed by atoms with E-state index in [0.29, 0.717) is 6.04 Å². The quantitative estimate of drug-likeness (QED) is 0.606. The van der Waals surface area contributed by atoms with Gasteiger partial charge in [0, 0.05) is 6.20 Å². The van der Waals surface area contributed by atoms with Gasteiger partial charge < -0.3 is 0 Å². The van der Waals surface area contributed by atoms with Crippen LogP contribution in [0.25, 0.3) is 0 Å². The lowest BCUT2D eigenvalue weighted by atomic mass is 9.89. The van der Waals surface area contributed by atoms with Gasteiger partial charge in [0.05, 0.1) is 6.04 Å². The molecule has 90 valence electrons. The van der Waals surface area contributed by atoms with E-state index in [9.17, 15) is 0 Å². The first-order chi connectivity index (χ1) is 7.95. The highest BCUT2D eigenvalue weighted by molar-refractivity contribution is 4.88. The Labute approximate surface area is 99.2 Å². The second-order valence-corrected chi connectivity index (χ2v) is 5.26. The summed E-state index contributed by atoms with van der Waals surface area (Å²) in [5, 5.41) is 8.64. The lowest BCUT2D eigenvalue weighted by molar-refractivity contribution is 0.417. The molecule has 0 unspecified atom stereocenters. The molecule has 2 heteroatoms. The van der Waals surface area contributed by atoms with E-state index < -0.39 is 0 Å². The molecule has 0 aromatic rings. The van der Waals surface area contributed by atoms with Crippen LogP contribution in [0, 0.1) is 5.92 Å². The maximum Gasteiger partial charge on any atom is 0.0712 e. The zero-order valence-electron chi connectivity index (χ0n) is 10.3. The molecule has 0 aromatic heterocycles. The summed E-state index contributed by atoms with van der Waals surface area (Å²) in [5.41, 5.74) is 0. The molecule has 2 aliphatic carbocycles. The van der Waals surface area contributed by atoms with Crippen LogP contribution in [0.2, 0.25) is 0 Å². The fourth-order valence-corrected chi connectivity index (χ4v) is 2.82. The van der Waals surface area contributed by atoms with Gasteiger partial charge in [-0.2, -0.15) is 10.2 Å². The van der Waals surface area contributed by atoms with Gasteiger partial charge in [0.25, 0.3) is 0 Å². The second-order valence-electron chi connectivity index (χ2n) is 5.26. The molecule has 0 radical (unpaired) electrons. The third kappa shape index (κ3) is 4.07. The topological polar surface area (TPSA) is 24.7 Å². The van der Waals surface area contributed by atoms with Crippen LogP contribution in [0.5, 0.6) is 0 Å². The van der Waals surface area contributed by atoms with Crippen LogP contribution in [-0.2, 0) is 0 Å². The van der Waals surface area contributed by atoms with E-state index in [-0.39, 0.29) is 0 Å². The van der Waals surface area contributed by atoms with Gasteiger partial charge in [-0.15, -0.1) is 0 Å². The van der Waals surface area contributed by atoms with E-state index in [2.05, 4.69) is 16.3 Å². The lowest BCUT2D eigenvalue weighted by Gasteiger charge is -2.17. The fraction of sp³-hybridized carbons (Fsp3) is 0.857. The molecule has 2 rings (SSSR count). The van der Waals surface area contributed by atoms with Crippen molar-refractivity contribution in [1.82, 2.24) is 0 Å². The van der Waals surface area contributed by atoms with Crippen LogP contribution in [-0.4, -0.2) is 6.04 Å². The summed E-state index contributed by atoms with van der Waals surface area (Å²) in [6.45, 7) is 0. The summed E-state index contributed by atoms with van der Waals surface area (Å²) in [6, 6.07) is 0.518. The molecule has 0 spiro atoms. The minimum absolute atomic E-state index is 0.518. The number of hydrogen-bond donors (Lipinski definition) is 0. The molecule has 16 heavy (non-hydrogen) atoms. The smallest absolute Gasteiger partial charge is 0.0712 e. The molecule has 2 aliphatic rings. The number of hydrogen-bond acceptors (Lipinski definition) is 2. The SMILES string of the molecule is C(=CC1CCCCC1)N=NC1CCCCC1. The van der Waals surface area contributed by atoms with Gasteiger partial charge >= 0.3 is 0 Å². The first-order valence-corrected chi connectivity index (χ1v) is 7.02. The van der Waals surface area contributed by atoms with E-state index in [1.165, 1.54) is 64.2 Å². The number of allylic oxidation sites excluding steroid dienone is 1. The molecule has 0 saturated heterocycles. The summed E-state index contributed by atoms with van der Waals surface area (Å²) in [6.07, 6.45) is 17.7. The average molecular weight is 220 g/mol. The fourth-order valence-electron chi connectivity index (χ4n) is 2.82. The van der Waals surface area contributed by atoms with E-state index >= 15 is 0 Å². The minimum Gasteiger partial charge on any atom is -0.186 e. The Morgan fingerprint density at radius 3 is 2.06 bits per heavy atom. The molecular weight excluding hydrogens is 196 g/mol. The van der Waals surface area contributed by atoms with Crippen molar-refractivity contribution in [3.05, 3.63) is 12.3 Å².